The summed E-state index contributed by atoms with van der Waals surface area (Å²) in [4.78, 5) is 0. The molecule has 0 saturated heterocycles. The third kappa shape index (κ3) is 3.97. The molecule has 0 spiro atoms. The van der Waals surface area contributed by atoms with Crippen LogP contribution in [-0.4, -0.2) is 0 Å². The Bertz CT molecular complexity index is 1770. The Balaban J connectivity index is 1.39. The summed E-state index contributed by atoms with van der Waals surface area (Å²) in [5.41, 5.74) is 5.51. The summed E-state index contributed by atoms with van der Waals surface area (Å²) < 4.78 is 0. The first-order valence-electron chi connectivity index (χ1n) is 11.9. The SMILES string of the molecule is N#Cc1ccc(-c2cccc(C/C=C/c3c4ccccc4cc4c3ccc3ccccc34)c2)cc1. The van der Waals surface area contributed by atoms with Gasteiger partial charge >= 0.3 is 0 Å². The molecule has 0 aliphatic carbocycles. The summed E-state index contributed by atoms with van der Waals surface area (Å²) in [5, 5.41) is 16.7. The van der Waals surface area contributed by atoms with E-state index >= 15 is 0 Å². The van der Waals surface area contributed by atoms with E-state index in [1.54, 1.807) is 0 Å². The van der Waals surface area contributed by atoms with Crippen molar-refractivity contribution in [1.82, 2.24) is 0 Å². The van der Waals surface area contributed by atoms with Gasteiger partial charge in [0.05, 0.1) is 11.6 Å². The van der Waals surface area contributed by atoms with Gasteiger partial charge in [-0.2, -0.15) is 5.26 Å². The van der Waals surface area contributed by atoms with E-state index in [2.05, 4.69) is 109 Å². The van der Waals surface area contributed by atoms with Crippen LogP contribution in [0.3, 0.4) is 0 Å². The van der Waals surface area contributed by atoms with E-state index in [1.165, 1.54) is 49.0 Å². The maximum Gasteiger partial charge on any atom is 0.0991 e. The van der Waals surface area contributed by atoms with Gasteiger partial charge in [0.2, 0.25) is 0 Å². The molecule has 0 aliphatic heterocycles. The second-order valence-corrected chi connectivity index (χ2v) is 8.89. The quantitative estimate of drug-likeness (QED) is 0.196. The first-order chi connectivity index (χ1) is 17.3. The minimum Gasteiger partial charge on any atom is -0.192 e. The smallest absolute Gasteiger partial charge is 0.0991 e. The molecule has 0 saturated carbocycles. The van der Waals surface area contributed by atoms with Gasteiger partial charge in [0, 0.05) is 0 Å². The lowest BCUT2D eigenvalue weighted by atomic mass is 9.93. The van der Waals surface area contributed by atoms with Gasteiger partial charge in [-0.3, -0.25) is 0 Å². The molecule has 1 nitrogen and oxygen atoms in total. The fraction of sp³-hybridized carbons (Fsp3) is 0.0294. The number of fused-ring (bicyclic) bond motifs is 4. The second-order valence-electron chi connectivity index (χ2n) is 8.89. The molecule has 6 aromatic carbocycles. The molecule has 0 heterocycles. The summed E-state index contributed by atoms with van der Waals surface area (Å²) >= 11 is 0. The number of hydrogen-bond acceptors (Lipinski definition) is 1. The van der Waals surface area contributed by atoms with Crippen molar-refractivity contribution in [2.45, 2.75) is 6.42 Å². The molecule has 0 bridgehead atoms. The molecule has 0 amide bonds. The zero-order valence-corrected chi connectivity index (χ0v) is 19.3. The topological polar surface area (TPSA) is 23.8 Å². The van der Waals surface area contributed by atoms with Gasteiger partial charge in [-0.15, -0.1) is 0 Å². The lowest BCUT2D eigenvalue weighted by molar-refractivity contribution is 1.28. The molecule has 6 aromatic rings. The highest BCUT2D eigenvalue weighted by Crippen LogP contribution is 2.34. The van der Waals surface area contributed by atoms with E-state index in [4.69, 9.17) is 5.26 Å². The van der Waals surface area contributed by atoms with Crippen LogP contribution in [0.1, 0.15) is 16.7 Å². The van der Waals surface area contributed by atoms with Gasteiger partial charge in [-0.25, -0.2) is 0 Å². The Kier molecular flexibility index (Phi) is 5.34. The minimum atomic E-state index is 0.683. The maximum absolute atomic E-state index is 9.06. The zero-order chi connectivity index (χ0) is 23.6. The van der Waals surface area contributed by atoms with Crippen molar-refractivity contribution >= 4 is 38.4 Å². The molecule has 0 fully saturated rings. The van der Waals surface area contributed by atoms with Crippen LogP contribution in [0.15, 0.2) is 121 Å². The standard InChI is InChI=1S/C34H23N/c35-23-25-15-17-26(18-16-25)28-11-5-7-24(21-28)8-6-14-32-31-13-4-2-10-29(31)22-34-30-12-3-1-9-27(30)19-20-33(32)34/h1-7,9-22H,8H2/b14-6+. The first kappa shape index (κ1) is 20.9. The molecule has 1 heteroatoms. The Morgan fingerprint density at radius 3 is 2.17 bits per heavy atom. The number of nitrogens with zero attached hydrogens (tertiary/aromatic N) is 1. The van der Waals surface area contributed by atoms with Crippen molar-refractivity contribution in [3.8, 4) is 17.2 Å². The van der Waals surface area contributed by atoms with Crippen LogP contribution in [0.2, 0.25) is 0 Å². The average molecular weight is 446 g/mol. The van der Waals surface area contributed by atoms with Gasteiger partial charge in [0.15, 0.2) is 0 Å². The normalized spacial score (nSPS) is 11.4. The Morgan fingerprint density at radius 1 is 0.571 bits per heavy atom. The van der Waals surface area contributed by atoms with Crippen LogP contribution < -0.4 is 0 Å². The summed E-state index contributed by atoms with van der Waals surface area (Å²) in [6, 6.07) is 42.7. The zero-order valence-electron chi connectivity index (χ0n) is 19.3. The van der Waals surface area contributed by atoms with Gasteiger partial charge in [0.25, 0.3) is 0 Å². The third-order valence-corrected chi connectivity index (χ3v) is 6.72. The van der Waals surface area contributed by atoms with Crippen LogP contribution in [0.5, 0.6) is 0 Å². The number of hydrogen-bond donors (Lipinski definition) is 0. The summed E-state index contributed by atoms with van der Waals surface area (Å²) in [6.07, 6.45) is 5.41. The maximum atomic E-state index is 9.06. The van der Waals surface area contributed by atoms with Crippen LogP contribution in [0.4, 0.5) is 0 Å². The Morgan fingerprint density at radius 2 is 1.34 bits per heavy atom. The van der Waals surface area contributed by atoms with E-state index in [0.717, 1.165) is 12.0 Å². The highest BCUT2D eigenvalue weighted by Gasteiger charge is 2.08. The molecule has 164 valence electrons. The summed E-state index contributed by atoms with van der Waals surface area (Å²) in [7, 11) is 0. The fourth-order valence-corrected chi connectivity index (χ4v) is 4.96. The Labute approximate surface area is 205 Å². The van der Waals surface area contributed by atoms with E-state index in [0.29, 0.717) is 5.56 Å². The van der Waals surface area contributed by atoms with Crippen LogP contribution in [-0.2, 0) is 6.42 Å². The highest BCUT2D eigenvalue weighted by molar-refractivity contribution is 6.16. The van der Waals surface area contributed by atoms with Gasteiger partial charge in [-0.1, -0.05) is 109 Å². The molecule has 0 aromatic heterocycles. The number of allylic oxidation sites excluding steroid dienone is 1. The number of rotatable bonds is 4. The molecule has 0 aliphatic rings. The third-order valence-electron chi connectivity index (χ3n) is 6.72. The van der Waals surface area contributed by atoms with Crippen molar-refractivity contribution in [1.29, 1.82) is 5.26 Å². The molecular weight excluding hydrogens is 422 g/mol. The van der Waals surface area contributed by atoms with E-state index < -0.39 is 0 Å². The van der Waals surface area contributed by atoms with Gasteiger partial charge in [-0.05, 0) is 79.2 Å². The van der Waals surface area contributed by atoms with E-state index in [1.807, 2.05) is 24.3 Å². The van der Waals surface area contributed by atoms with Gasteiger partial charge < -0.3 is 0 Å². The largest absolute Gasteiger partial charge is 0.192 e. The highest BCUT2D eigenvalue weighted by atomic mass is 14.2. The molecule has 6 rings (SSSR count). The van der Waals surface area contributed by atoms with Crippen molar-refractivity contribution in [2.24, 2.45) is 0 Å². The molecule has 0 N–H and O–H groups in total. The van der Waals surface area contributed by atoms with Gasteiger partial charge in [0.1, 0.15) is 0 Å². The number of nitriles is 1. The lowest BCUT2D eigenvalue weighted by Gasteiger charge is -2.11. The molecule has 0 unspecified atom stereocenters. The van der Waals surface area contributed by atoms with Crippen molar-refractivity contribution < 1.29 is 0 Å². The summed E-state index contributed by atoms with van der Waals surface area (Å²) in [5.74, 6) is 0. The molecule has 35 heavy (non-hydrogen) atoms. The molecular formula is C34H23N. The van der Waals surface area contributed by atoms with Crippen molar-refractivity contribution in [3.05, 3.63) is 138 Å². The predicted octanol–water partition coefficient (Wildman–Crippen LogP) is 8.94. The average Bonchev–Trinajstić information content (AvgIpc) is 2.93. The van der Waals surface area contributed by atoms with Crippen LogP contribution in [0.25, 0.3) is 49.5 Å². The predicted molar refractivity (Wildman–Crippen MR) is 148 cm³/mol. The molecule has 0 radical (unpaired) electrons. The van der Waals surface area contributed by atoms with Crippen LogP contribution in [0, 0.1) is 11.3 Å². The van der Waals surface area contributed by atoms with Crippen molar-refractivity contribution in [2.75, 3.05) is 0 Å². The van der Waals surface area contributed by atoms with E-state index in [-0.39, 0.29) is 0 Å². The Hall–Kier alpha value is -4.67. The van der Waals surface area contributed by atoms with Crippen molar-refractivity contribution in [3.63, 3.8) is 0 Å². The monoisotopic (exact) mass is 445 g/mol. The van der Waals surface area contributed by atoms with Crippen LogP contribution >= 0.6 is 0 Å². The fourth-order valence-electron chi connectivity index (χ4n) is 4.96. The summed E-state index contributed by atoms with van der Waals surface area (Å²) in [6.45, 7) is 0. The second kappa shape index (κ2) is 8.93. The molecule has 0 atom stereocenters. The lowest BCUT2D eigenvalue weighted by Crippen LogP contribution is -1.87. The van der Waals surface area contributed by atoms with E-state index in [9.17, 15) is 0 Å². The first-order valence-corrected chi connectivity index (χ1v) is 11.9. The minimum absolute atomic E-state index is 0.683. The number of benzene rings is 6.